The summed E-state index contributed by atoms with van der Waals surface area (Å²) < 4.78 is 0. The van der Waals surface area contributed by atoms with Gasteiger partial charge in [-0.15, -0.1) is 0 Å². The number of primary amides is 2. The van der Waals surface area contributed by atoms with Crippen LogP contribution in [-0.2, 0) is 89.6 Å². The Kier molecular flexibility index (Phi) is 41.7. The van der Waals surface area contributed by atoms with Gasteiger partial charge in [-0.3, -0.25) is 71.9 Å². The standard InChI is InChI=1S/C70H110N16O20S2/c1-11-37(8)57(69(104)81-49(32-53(91)92)65(100)85-56(36(6)7)70(105)106)86-62(97)46(27-29-108-10)77-60(95)44(14-12-13-28-71)76-61(96)45(24-26-52(74)90)78-67(102)54(34(2)3)84-68(103)55(35(4)5)83-64(99)48(31-40-17-21-42(88)22-18-40)80-66(101)50(33-107)82-58(93)38(9)75-63(98)47(30-39-15-19-41(87)20-16-39)79-59(94)43(72)23-25-51(73)89/h15-22,34-38,43-50,54-57,87-88,107H,11-14,23-33,71-72H2,1-10H3,(H2,73,89)(H2,74,90)(H,75,98)(H,76,96)(H,77,95)(H,78,102)(H,79,94)(H,80,101)(H,81,104)(H,82,93)(H,83,99)(H,84,103)(H,85,100)(H,86,97)(H,91,92)(H,105,106)/t37-,38-,43-,44-,45-,46-,47-,48-,49-,50-,54-,55-,56-,57-/m0/s1. The Balaban J connectivity index is 2.47. The maximum atomic E-state index is 14.6. The van der Waals surface area contributed by atoms with Gasteiger partial charge in [-0.1, -0.05) is 86.1 Å². The Hall–Kier alpha value is -9.82. The molecule has 0 heterocycles. The number of thioether (sulfide) groups is 1. The molecule has 0 saturated carbocycles. The van der Waals surface area contributed by atoms with Crippen LogP contribution in [0.5, 0.6) is 11.5 Å². The molecule has 0 saturated heterocycles. The average Bonchev–Trinajstić information content (AvgIpc) is 0.850. The number of phenols is 2. The Labute approximate surface area is 637 Å². The number of nitrogens with two attached hydrogens (primary N) is 4. The minimum Gasteiger partial charge on any atom is -0.508 e. The third-order valence-corrected chi connectivity index (χ3v) is 18.3. The second-order valence-corrected chi connectivity index (χ2v) is 28.6. The summed E-state index contributed by atoms with van der Waals surface area (Å²) in [6.45, 7) is 13.9. The summed E-state index contributed by atoms with van der Waals surface area (Å²) in [5, 5.41) is 69.6. The fraction of sp³-hybridized carbons (Fsp3) is 0.600. The van der Waals surface area contributed by atoms with Crippen LogP contribution in [-0.4, -0.2) is 218 Å². The average molecular weight is 1560 g/mol. The monoisotopic (exact) mass is 1560 g/mol. The Morgan fingerprint density at radius 2 is 0.787 bits per heavy atom. The number of aliphatic carboxylic acids is 2. The van der Waals surface area contributed by atoms with Crippen LogP contribution in [0.2, 0.25) is 0 Å². The molecule has 0 unspecified atom stereocenters. The number of rotatable bonds is 50. The summed E-state index contributed by atoms with van der Waals surface area (Å²) in [5.74, 6) is -19.1. The van der Waals surface area contributed by atoms with Crippen molar-refractivity contribution in [1.29, 1.82) is 0 Å². The van der Waals surface area contributed by atoms with Gasteiger partial charge in [-0.2, -0.15) is 24.4 Å². The van der Waals surface area contributed by atoms with Gasteiger partial charge in [0.2, 0.25) is 82.7 Å². The number of carboxylic acids is 2. The van der Waals surface area contributed by atoms with Crippen molar-refractivity contribution in [2.24, 2.45) is 46.6 Å². The Morgan fingerprint density at radius 1 is 0.426 bits per heavy atom. The van der Waals surface area contributed by atoms with E-state index in [2.05, 4.69) is 76.4 Å². The maximum absolute atomic E-state index is 14.6. The van der Waals surface area contributed by atoms with E-state index in [1.807, 2.05) is 0 Å². The molecule has 2 aromatic rings. The molecule has 0 aromatic heterocycles. The van der Waals surface area contributed by atoms with Crippen molar-refractivity contribution in [1.82, 2.24) is 63.8 Å². The largest absolute Gasteiger partial charge is 0.508 e. The van der Waals surface area contributed by atoms with Gasteiger partial charge >= 0.3 is 11.9 Å². The number of benzene rings is 2. The van der Waals surface area contributed by atoms with E-state index in [0.717, 1.165) is 0 Å². The van der Waals surface area contributed by atoms with Crippen molar-refractivity contribution < 1.29 is 97.1 Å². The second kappa shape index (κ2) is 47.8. The van der Waals surface area contributed by atoms with Crippen LogP contribution in [0.1, 0.15) is 138 Å². The van der Waals surface area contributed by atoms with Crippen molar-refractivity contribution in [3.05, 3.63) is 59.7 Å². The third kappa shape index (κ3) is 33.5. The van der Waals surface area contributed by atoms with Crippen LogP contribution >= 0.6 is 24.4 Å². The molecular formula is C70H110N16O20S2. The molecule has 0 spiro atoms. The van der Waals surface area contributed by atoms with E-state index in [0.29, 0.717) is 17.5 Å². The van der Waals surface area contributed by atoms with E-state index < -0.39 is 216 Å². The molecule has 38 heteroatoms. The van der Waals surface area contributed by atoms with Gasteiger partial charge in [0, 0.05) is 31.4 Å². The normalized spacial score (nSPS) is 15.1. The third-order valence-electron chi connectivity index (χ3n) is 17.3. The fourth-order valence-corrected chi connectivity index (χ4v) is 11.3. The minimum atomic E-state index is -1.79. The predicted molar refractivity (Wildman–Crippen MR) is 401 cm³/mol. The number of carboxylic acid groups (broad SMARTS) is 2. The molecule has 0 aliphatic heterocycles. The highest BCUT2D eigenvalue weighted by Gasteiger charge is 2.39. The van der Waals surface area contributed by atoms with E-state index in [4.69, 9.17) is 22.9 Å². The molecule has 602 valence electrons. The second-order valence-electron chi connectivity index (χ2n) is 27.3. The summed E-state index contributed by atoms with van der Waals surface area (Å²) >= 11 is 5.57. The number of unbranched alkanes of at least 4 members (excludes halogenated alkanes) is 1. The van der Waals surface area contributed by atoms with Crippen LogP contribution < -0.4 is 86.7 Å². The number of nitrogens with one attached hydrogen (secondary N) is 12. The molecule has 0 fully saturated rings. The smallest absolute Gasteiger partial charge is 0.326 e. The first-order valence-corrected chi connectivity index (χ1v) is 37.5. The van der Waals surface area contributed by atoms with Gasteiger partial charge in [0.25, 0.3) is 0 Å². The molecule has 2 aromatic carbocycles. The molecule has 0 aliphatic carbocycles. The number of amides is 14. The highest BCUT2D eigenvalue weighted by atomic mass is 32.2. The molecule has 36 nitrogen and oxygen atoms in total. The Bertz CT molecular complexity index is 3410. The maximum Gasteiger partial charge on any atom is 0.326 e. The number of carbonyl (C=O) groups is 16. The van der Waals surface area contributed by atoms with Gasteiger partial charge in [-0.05, 0) is 123 Å². The lowest BCUT2D eigenvalue weighted by atomic mass is 9.97. The quantitative estimate of drug-likeness (QED) is 0.0231. The first kappa shape index (κ1) is 94.3. The SMILES string of the molecule is CC[C@H](C)[C@H](NC(=O)[C@H](CCSC)NC(=O)[C@H](CCCCN)NC(=O)[C@H](CCC(N)=O)NC(=O)[C@@H](NC(=O)[C@@H](NC(=O)[C@H](Cc1ccc(O)cc1)NC(=O)[C@H](CS)NC(=O)[C@H](C)NC(=O)[C@H](Cc1ccc(O)cc1)NC(=O)[C@@H](N)CCC(N)=O)C(C)C)C(C)C)C(=O)N[C@@H](CC(=O)O)C(=O)N[C@H](C(=O)O)C(C)C. The summed E-state index contributed by atoms with van der Waals surface area (Å²) in [6, 6.07) is -7.97. The van der Waals surface area contributed by atoms with Crippen molar-refractivity contribution in [3.63, 3.8) is 0 Å². The Morgan fingerprint density at radius 3 is 1.24 bits per heavy atom. The lowest BCUT2D eigenvalue weighted by molar-refractivity contribution is -0.144. The number of thiol groups is 1. The zero-order chi connectivity index (χ0) is 81.8. The first-order chi connectivity index (χ1) is 50.7. The van der Waals surface area contributed by atoms with E-state index in [9.17, 15) is 97.1 Å². The number of phenolic OH excluding ortho intramolecular Hbond substituents is 2. The van der Waals surface area contributed by atoms with Gasteiger partial charge in [-0.25, -0.2) is 4.79 Å². The van der Waals surface area contributed by atoms with E-state index in [1.165, 1.54) is 81.1 Å². The molecule has 108 heavy (non-hydrogen) atoms. The molecule has 0 radical (unpaired) electrons. The summed E-state index contributed by atoms with van der Waals surface area (Å²) in [4.78, 5) is 216. The lowest BCUT2D eigenvalue weighted by Gasteiger charge is -2.30. The van der Waals surface area contributed by atoms with Gasteiger partial charge < -0.3 is 107 Å². The van der Waals surface area contributed by atoms with Crippen molar-refractivity contribution >= 4 is 119 Å². The molecule has 2 rings (SSSR count). The van der Waals surface area contributed by atoms with Crippen LogP contribution in [0, 0.1) is 23.7 Å². The lowest BCUT2D eigenvalue weighted by Crippen LogP contribution is -2.62. The number of hydrogen-bond acceptors (Lipinski definition) is 22. The zero-order valence-electron chi connectivity index (χ0n) is 62.5. The molecular weight excluding hydrogens is 1450 g/mol. The van der Waals surface area contributed by atoms with Crippen LogP contribution in [0.15, 0.2) is 48.5 Å². The topological polar surface area (TPSA) is 602 Å². The van der Waals surface area contributed by atoms with E-state index >= 15 is 0 Å². The van der Waals surface area contributed by atoms with Crippen molar-refractivity contribution in [2.75, 3.05) is 24.3 Å². The summed E-state index contributed by atoms with van der Waals surface area (Å²) in [5.41, 5.74) is 23.4. The molecule has 24 N–H and O–H groups in total. The van der Waals surface area contributed by atoms with Crippen molar-refractivity contribution in [3.8, 4) is 11.5 Å². The van der Waals surface area contributed by atoms with Crippen LogP contribution in [0.25, 0.3) is 0 Å². The highest BCUT2D eigenvalue weighted by Crippen LogP contribution is 2.18. The van der Waals surface area contributed by atoms with Crippen molar-refractivity contribution in [2.45, 2.75) is 218 Å². The molecule has 14 atom stereocenters. The summed E-state index contributed by atoms with van der Waals surface area (Å²) in [7, 11) is 0. The number of carbonyl (C=O) groups excluding carboxylic acids is 14. The van der Waals surface area contributed by atoms with Crippen LogP contribution in [0.3, 0.4) is 0 Å². The highest BCUT2D eigenvalue weighted by molar-refractivity contribution is 7.98. The first-order valence-electron chi connectivity index (χ1n) is 35.5. The predicted octanol–water partition coefficient (Wildman–Crippen LogP) is -3.04. The fourth-order valence-electron chi connectivity index (χ4n) is 10.6. The summed E-state index contributed by atoms with van der Waals surface area (Å²) in [6.07, 6.45) is -0.288. The minimum absolute atomic E-state index is 0.0471. The molecule has 0 aliphatic rings. The van der Waals surface area contributed by atoms with Gasteiger partial charge in [0.05, 0.1) is 12.5 Å². The van der Waals surface area contributed by atoms with E-state index in [1.54, 1.807) is 47.8 Å². The van der Waals surface area contributed by atoms with Gasteiger partial charge in [0.1, 0.15) is 84.0 Å². The van der Waals surface area contributed by atoms with Gasteiger partial charge in [0.15, 0.2) is 0 Å². The zero-order valence-corrected chi connectivity index (χ0v) is 64.2. The number of hydrogen-bond donors (Lipinski definition) is 21. The van der Waals surface area contributed by atoms with E-state index in [-0.39, 0.29) is 80.9 Å². The van der Waals surface area contributed by atoms with Crippen LogP contribution in [0.4, 0.5) is 0 Å². The molecule has 0 bridgehead atoms. The number of aromatic hydroxyl groups is 2. The molecule has 14 amide bonds.